The first-order valence-corrected chi connectivity index (χ1v) is 6.74. The SMILES string of the molecule is CN(Cc1ncn[nH]1)S(=O)(=O)c1ccc(O)c(N)c1. The molecule has 1 heterocycles. The molecule has 19 heavy (non-hydrogen) atoms. The molecule has 2 aromatic rings. The maximum atomic E-state index is 12.2. The molecule has 0 unspecified atom stereocenters. The number of anilines is 1. The van der Waals surface area contributed by atoms with Gasteiger partial charge in [-0.25, -0.2) is 13.4 Å². The molecule has 4 N–H and O–H groups in total. The number of benzene rings is 1. The third-order valence-corrected chi connectivity index (χ3v) is 4.34. The number of phenols is 1. The predicted molar refractivity (Wildman–Crippen MR) is 67.6 cm³/mol. The normalized spacial score (nSPS) is 11.9. The Morgan fingerprint density at radius 3 is 2.79 bits per heavy atom. The molecule has 2 rings (SSSR count). The molecular weight excluding hydrogens is 270 g/mol. The summed E-state index contributed by atoms with van der Waals surface area (Å²) in [5.74, 6) is 0.273. The smallest absolute Gasteiger partial charge is 0.243 e. The van der Waals surface area contributed by atoms with E-state index in [4.69, 9.17) is 5.73 Å². The van der Waals surface area contributed by atoms with Crippen LogP contribution in [0.5, 0.6) is 5.75 Å². The molecule has 0 bridgehead atoms. The Kier molecular flexibility index (Phi) is 3.40. The fourth-order valence-corrected chi connectivity index (χ4v) is 2.64. The summed E-state index contributed by atoms with van der Waals surface area (Å²) < 4.78 is 25.6. The van der Waals surface area contributed by atoms with E-state index in [2.05, 4.69) is 15.2 Å². The van der Waals surface area contributed by atoms with E-state index in [0.717, 1.165) is 4.31 Å². The lowest BCUT2D eigenvalue weighted by atomic mass is 10.3. The van der Waals surface area contributed by atoms with Gasteiger partial charge in [0.15, 0.2) is 0 Å². The molecule has 102 valence electrons. The van der Waals surface area contributed by atoms with Gasteiger partial charge >= 0.3 is 0 Å². The van der Waals surface area contributed by atoms with Gasteiger partial charge in [0.25, 0.3) is 0 Å². The second-order valence-electron chi connectivity index (χ2n) is 3.91. The number of nitrogens with one attached hydrogen (secondary N) is 1. The molecule has 0 atom stereocenters. The average Bonchev–Trinajstić information content (AvgIpc) is 2.85. The van der Waals surface area contributed by atoms with Gasteiger partial charge in [-0.1, -0.05) is 0 Å². The summed E-state index contributed by atoms with van der Waals surface area (Å²) in [6.45, 7) is 0.0586. The van der Waals surface area contributed by atoms with Crippen LogP contribution < -0.4 is 5.73 Å². The molecule has 0 fully saturated rings. The number of sulfonamides is 1. The van der Waals surface area contributed by atoms with Gasteiger partial charge in [-0.05, 0) is 18.2 Å². The van der Waals surface area contributed by atoms with Crippen LogP contribution in [0, 0.1) is 0 Å². The average molecular weight is 283 g/mol. The maximum Gasteiger partial charge on any atom is 0.243 e. The summed E-state index contributed by atoms with van der Waals surface area (Å²) in [4.78, 5) is 3.86. The van der Waals surface area contributed by atoms with Crippen LogP contribution in [0.3, 0.4) is 0 Å². The highest BCUT2D eigenvalue weighted by Gasteiger charge is 2.22. The van der Waals surface area contributed by atoms with E-state index in [9.17, 15) is 13.5 Å². The molecule has 0 aliphatic rings. The number of rotatable bonds is 4. The Hall–Kier alpha value is -2.13. The van der Waals surface area contributed by atoms with E-state index < -0.39 is 10.0 Å². The first kappa shape index (κ1) is 13.3. The van der Waals surface area contributed by atoms with Crippen molar-refractivity contribution in [2.24, 2.45) is 0 Å². The monoisotopic (exact) mass is 283 g/mol. The van der Waals surface area contributed by atoms with Gasteiger partial charge in [0, 0.05) is 7.05 Å². The number of hydrogen-bond donors (Lipinski definition) is 3. The Labute approximate surface area is 109 Å². The van der Waals surface area contributed by atoms with Crippen molar-refractivity contribution in [2.45, 2.75) is 11.4 Å². The van der Waals surface area contributed by atoms with Crippen LogP contribution in [0.4, 0.5) is 5.69 Å². The molecule has 0 radical (unpaired) electrons. The van der Waals surface area contributed by atoms with Crippen LogP contribution in [-0.4, -0.2) is 40.1 Å². The highest BCUT2D eigenvalue weighted by Crippen LogP contribution is 2.25. The van der Waals surface area contributed by atoms with Gasteiger partial charge in [-0.2, -0.15) is 9.40 Å². The molecular formula is C10H13N5O3S. The molecule has 0 aliphatic carbocycles. The first-order valence-electron chi connectivity index (χ1n) is 5.30. The van der Waals surface area contributed by atoms with Crippen LogP contribution in [0.15, 0.2) is 29.4 Å². The lowest BCUT2D eigenvalue weighted by Crippen LogP contribution is -2.27. The Morgan fingerprint density at radius 2 is 2.21 bits per heavy atom. The van der Waals surface area contributed by atoms with E-state index in [1.807, 2.05) is 0 Å². The van der Waals surface area contributed by atoms with Crippen molar-refractivity contribution >= 4 is 15.7 Å². The number of phenolic OH excluding ortho intramolecular Hbond substituents is 1. The topological polar surface area (TPSA) is 125 Å². The van der Waals surface area contributed by atoms with E-state index >= 15 is 0 Å². The summed E-state index contributed by atoms with van der Waals surface area (Å²) >= 11 is 0. The number of aromatic amines is 1. The van der Waals surface area contributed by atoms with Gasteiger partial charge in [-0.3, -0.25) is 5.10 Å². The van der Waals surface area contributed by atoms with Crippen molar-refractivity contribution in [1.82, 2.24) is 19.5 Å². The Bertz CT molecular complexity index is 668. The number of aromatic nitrogens is 3. The van der Waals surface area contributed by atoms with Crippen molar-refractivity contribution in [2.75, 3.05) is 12.8 Å². The number of nitrogens with zero attached hydrogens (tertiary/aromatic N) is 3. The zero-order valence-corrected chi connectivity index (χ0v) is 10.9. The highest BCUT2D eigenvalue weighted by atomic mass is 32.2. The molecule has 0 saturated carbocycles. The van der Waals surface area contributed by atoms with Gasteiger partial charge < -0.3 is 10.8 Å². The maximum absolute atomic E-state index is 12.2. The Morgan fingerprint density at radius 1 is 1.47 bits per heavy atom. The molecule has 9 heteroatoms. The van der Waals surface area contributed by atoms with Crippen molar-refractivity contribution in [3.05, 3.63) is 30.4 Å². The van der Waals surface area contributed by atoms with Gasteiger partial charge in [0.2, 0.25) is 10.0 Å². The number of H-pyrrole nitrogens is 1. The van der Waals surface area contributed by atoms with E-state index in [0.29, 0.717) is 5.82 Å². The lowest BCUT2D eigenvalue weighted by molar-refractivity contribution is 0.456. The van der Waals surface area contributed by atoms with Crippen LogP contribution in [-0.2, 0) is 16.6 Å². The zero-order chi connectivity index (χ0) is 14.0. The van der Waals surface area contributed by atoms with Gasteiger partial charge in [0.05, 0.1) is 17.1 Å². The Balaban J connectivity index is 2.28. The van der Waals surface area contributed by atoms with Crippen LogP contribution >= 0.6 is 0 Å². The van der Waals surface area contributed by atoms with Crippen LogP contribution in [0.2, 0.25) is 0 Å². The second-order valence-corrected chi connectivity index (χ2v) is 5.96. The predicted octanol–water partition coefficient (Wildman–Crippen LogP) is -0.0868. The van der Waals surface area contributed by atoms with E-state index in [1.54, 1.807) is 0 Å². The minimum Gasteiger partial charge on any atom is -0.506 e. The quantitative estimate of drug-likeness (QED) is 0.532. The van der Waals surface area contributed by atoms with Crippen LogP contribution in [0.25, 0.3) is 0 Å². The molecule has 0 spiro atoms. The highest BCUT2D eigenvalue weighted by molar-refractivity contribution is 7.89. The number of hydrogen-bond acceptors (Lipinski definition) is 6. The summed E-state index contributed by atoms with van der Waals surface area (Å²) in [6.07, 6.45) is 1.30. The van der Waals surface area contributed by atoms with Crippen molar-refractivity contribution in [3.63, 3.8) is 0 Å². The molecule has 0 saturated heterocycles. The van der Waals surface area contributed by atoms with Crippen molar-refractivity contribution in [3.8, 4) is 5.75 Å². The third-order valence-electron chi connectivity index (χ3n) is 2.54. The summed E-state index contributed by atoms with van der Waals surface area (Å²) in [5, 5.41) is 15.5. The lowest BCUT2D eigenvalue weighted by Gasteiger charge is -2.16. The van der Waals surface area contributed by atoms with Crippen LogP contribution in [0.1, 0.15) is 5.82 Å². The van der Waals surface area contributed by atoms with Gasteiger partial charge in [0.1, 0.15) is 17.9 Å². The van der Waals surface area contributed by atoms with E-state index in [-0.39, 0.29) is 22.9 Å². The molecule has 8 nitrogen and oxygen atoms in total. The number of nitrogen functional groups attached to an aromatic ring is 1. The van der Waals surface area contributed by atoms with E-state index in [1.165, 1.54) is 31.6 Å². The largest absolute Gasteiger partial charge is 0.506 e. The summed E-state index contributed by atoms with van der Waals surface area (Å²) in [7, 11) is -2.28. The van der Waals surface area contributed by atoms with Gasteiger partial charge in [-0.15, -0.1) is 0 Å². The summed E-state index contributed by atoms with van der Waals surface area (Å²) in [5.41, 5.74) is 5.50. The first-order chi connectivity index (χ1) is 8.91. The fraction of sp³-hybridized carbons (Fsp3) is 0.200. The molecule has 1 aromatic heterocycles. The number of nitrogens with two attached hydrogens (primary N) is 1. The number of aromatic hydroxyl groups is 1. The van der Waals surface area contributed by atoms with Crippen molar-refractivity contribution in [1.29, 1.82) is 0 Å². The minimum absolute atomic E-state index is 0.00446. The zero-order valence-electron chi connectivity index (χ0n) is 10.1. The standard InChI is InChI=1S/C10H13N5O3S/c1-15(5-10-12-6-13-14-10)19(17,18)7-2-3-9(16)8(11)4-7/h2-4,6,16H,5,11H2,1H3,(H,12,13,14). The molecule has 1 aromatic carbocycles. The fourth-order valence-electron chi connectivity index (χ4n) is 1.48. The summed E-state index contributed by atoms with van der Waals surface area (Å²) in [6, 6.07) is 3.74. The second kappa shape index (κ2) is 4.86. The molecule has 0 amide bonds. The molecule has 0 aliphatic heterocycles. The third kappa shape index (κ3) is 2.66. The minimum atomic E-state index is -3.70. The van der Waals surface area contributed by atoms with Crippen molar-refractivity contribution < 1.29 is 13.5 Å².